The quantitative estimate of drug-likeness (QED) is 0.836. The summed E-state index contributed by atoms with van der Waals surface area (Å²) < 4.78 is 0. The van der Waals surface area contributed by atoms with E-state index in [1.54, 1.807) is 0 Å². The van der Waals surface area contributed by atoms with Gasteiger partial charge in [0.25, 0.3) is 0 Å². The summed E-state index contributed by atoms with van der Waals surface area (Å²) in [5, 5.41) is 3.51. The summed E-state index contributed by atoms with van der Waals surface area (Å²) >= 11 is 0. The van der Waals surface area contributed by atoms with Crippen LogP contribution in [0.2, 0.25) is 0 Å². The van der Waals surface area contributed by atoms with E-state index in [4.69, 9.17) is 0 Å². The van der Waals surface area contributed by atoms with Crippen LogP contribution in [0, 0.1) is 12.8 Å². The van der Waals surface area contributed by atoms with Crippen molar-refractivity contribution in [2.45, 2.75) is 20.3 Å². The lowest BCUT2D eigenvalue weighted by Crippen LogP contribution is -2.26. The molecule has 0 amide bonds. The molecule has 0 saturated carbocycles. The van der Waals surface area contributed by atoms with Gasteiger partial charge in [0.1, 0.15) is 0 Å². The normalized spacial score (nSPS) is 21.2. The number of hydrogen-bond acceptors (Lipinski definition) is 2. The Bertz CT molecular complexity index is 335. The molecule has 1 heterocycles. The molecule has 0 aliphatic carbocycles. The van der Waals surface area contributed by atoms with Crippen molar-refractivity contribution in [3.05, 3.63) is 29.8 Å². The third-order valence-corrected chi connectivity index (χ3v) is 3.40. The van der Waals surface area contributed by atoms with Crippen LogP contribution in [0.5, 0.6) is 0 Å². The number of para-hydroxylation sites is 1. The van der Waals surface area contributed by atoms with E-state index in [1.165, 1.54) is 37.3 Å². The average Bonchev–Trinajstić information content (AvgIpc) is 2.67. The summed E-state index contributed by atoms with van der Waals surface area (Å²) in [6.45, 7) is 9.26. The molecule has 2 rings (SSSR count). The number of hydrogen-bond donors (Lipinski definition) is 1. The van der Waals surface area contributed by atoms with Crippen LogP contribution in [-0.2, 0) is 0 Å². The van der Waals surface area contributed by atoms with E-state index in [-0.39, 0.29) is 0 Å². The predicted molar refractivity (Wildman–Crippen MR) is 69.9 cm³/mol. The van der Waals surface area contributed by atoms with Crippen molar-refractivity contribution in [1.82, 2.24) is 4.90 Å². The zero-order valence-electron chi connectivity index (χ0n) is 10.4. The summed E-state index contributed by atoms with van der Waals surface area (Å²) in [6.07, 6.45) is 1.37. The number of nitrogens with one attached hydrogen (secondary N) is 1. The summed E-state index contributed by atoms with van der Waals surface area (Å²) in [4.78, 5) is 2.55. The van der Waals surface area contributed by atoms with E-state index in [0.717, 1.165) is 12.5 Å². The fourth-order valence-electron chi connectivity index (χ4n) is 2.35. The number of rotatable bonds is 4. The lowest BCUT2D eigenvalue weighted by molar-refractivity contribution is 0.341. The van der Waals surface area contributed by atoms with Gasteiger partial charge in [0.15, 0.2) is 0 Å². The Labute approximate surface area is 98.7 Å². The average molecular weight is 218 g/mol. The van der Waals surface area contributed by atoms with Gasteiger partial charge in [-0.25, -0.2) is 0 Å². The van der Waals surface area contributed by atoms with Crippen LogP contribution in [-0.4, -0.2) is 31.1 Å². The summed E-state index contributed by atoms with van der Waals surface area (Å²) in [6, 6.07) is 8.48. The molecule has 0 bridgehead atoms. The topological polar surface area (TPSA) is 15.3 Å². The molecule has 1 saturated heterocycles. The largest absolute Gasteiger partial charge is 0.384 e. The van der Waals surface area contributed by atoms with Crippen LogP contribution in [0.4, 0.5) is 5.69 Å². The van der Waals surface area contributed by atoms with Gasteiger partial charge in [-0.05, 0) is 37.4 Å². The molecule has 0 radical (unpaired) electrons. The van der Waals surface area contributed by atoms with Crippen molar-refractivity contribution >= 4 is 5.69 Å². The van der Waals surface area contributed by atoms with E-state index >= 15 is 0 Å². The van der Waals surface area contributed by atoms with Gasteiger partial charge >= 0.3 is 0 Å². The minimum atomic E-state index is 0.887. The number of anilines is 1. The molecular formula is C14H22N2. The van der Waals surface area contributed by atoms with E-state index in [9.17, 15) is 0 Å². The second kappa shape index (κ2) is 5.35. The highest BCUT2D eigenvalue weighted by molar-refractivity contribution is 5.50. The van der Waals surface area contributed by atoms with Crippen LogP contribution in [0.15, 0.2) is 24.3 Å². The standard InChI is InChI=1S/C14H22N2/c1-12-7-9-16(11-12)10-8-15-14-6-4-3-5-13(14)2/h3-6,12,15H,7-11H2,1-2H3. The van der Waals surface area contributed by atoms with Crippen LogP contribution < -0.4 is 5.32 Å². The van der Waals surface area contributed by atoms with Crippen molar-refractivity contribution in [2.24, 2.45) is 5.92 Å². The fourth-order valence-corrected chi connectivity index (χ4v) is 2.35. The highest BCUT2D eigenvalue weighted by Crippen LogP contribution is 2.15. The number of benzene rings is 1. The van der Waals surface area contributed by atoms with Crippen LogP contribution in [0.3, 0.4) is 0 Å². The molecule has 1 fully saturated rings. The zero-order valence-corrected chi connectivity index (χ0v) is 10.4. The van der Waals surface area contributed by atoms with Gasteiger partial charge in [0.05, 0.1) is 0 Å². The van der Waals surface area contributed by atoms with E-state index in [1.807, 2.05) is 0 Å². The maximum atomic E-state index is 3.51. The monoisotopic (exact) mass is 218 g/mol. The van der Waals surface area contributed by atoms with Gasteiger partial charge in [0, 0.05) is 25.3 Å². The van der Waals surface area contributed by atoms with Crippen LogP contribution in [0.1, 0.15) is 18.9 Å². The third-order valence-electron chi connectivity index (χ3n) is 3.40. The molecule has 1 N–H and O–H groups in total. The Hall–Kier alpha value is -1.02. The van der Waals surface area contributed by atoms with Crippen molar-refractivity contribution in [1.29, 1.82) is 0 Å². The molecular weight excluding hydrogens is 196 g/mol. The lowest BCUT2D eigenvalue weighted by atomic mass is 10.2. The summed E-state index contributed by atoms with van der Waals surface area (Å²) in [7, 11) is 0. The highest BCUT2D eigenvalue weighted by atomic mass is 15.2. The highest BCUT2D eigenvalue weighted by Gasteiger charge is 2.17. The summed E-state index contributed by atoms with van der Waals surface area (Å²) in [5.41, 5.74) is 2.60. The molecule has 1 aromatic carbocycles. The zero-order chi connectivity index (χ0) is 11.4. The Balaban J connectivity index is 1.74. The molecule has 16 heavy (non-hydrogen) atoms. The van der Waals surface area contributed by atoms with Crippen molar-refractivity contribution in [3.8, 4) is 0 Å². The van der Waals surface area contributed by atoms with E-state index in [2.05, 4.69) is 48.3 Å². The van der Waals surface area contributed by atoms with Crippen molar-refractivity contribution in [3.63, 3.8) is 0 Å². The number of likely N-dealkylation sites (tertiary alicyclic amines) is 1. The first-order valence-electron chi connectivity index (χ1n) is 6.27. The van der Waals surface area contributed by atoms with Gasteiger partial charge in [-0.15, -0.1) is 0 Å². The second-order valence-corrected chi connectivity index (χ2v) is 4.94. The van der Waals surface area contributed by atoms with Crippen LogP contribution >= 0.6 is 0 Å². The number of nitrogens with zero attached hydrogens (tertiary/aromatic N) is 1. The van der Waals surface area contributed by atoms with E-state index < -0.39 is 0 Å². The predicted octanol–water partition coefficient (Wildman–Crippen LogP) is 2.75. The molecule has 0 aromatic heterocycles. The smallest absolute Gasteiger partial charge is 0.0370 e. The van der Waals surface area contributed by atoms with Gasteiger partial charge in [-0.3, -0.25) is 0 Å². The molecule has 0 spiro atoms. The molecule has 88 valence electrons. The molecule has 1 atom stereocenters. The van der Waals surface area contributed by atoms with Gasteiger partial charge in [-0.2, -0.15) is 0 Å². The number of aryl methyl sites for hydroxylation is 1. The Kier molecular flexibility index (Phi) is 3.83. The maximum absolute atomic E-state index is 3.51. The molecule has 2 heteroatoms. The van der Waals surface area contributed by atoms with E-state index in [0.29, 0.717) is 0 Å². The van der Waals surface area contributed by atoms with Gasteiger partial charge in [0.2, 0.25) is 0 Å². The van der Waals surface area contributed by atoms with Crippen molar-refractivity contribution in [2.75, 3.05) is 31.5 Å². The molecule has 1 unspecified atom stereocenters. The first-order valence-corrected chi connectivity index (χ1v) is 6.27. The van der Waals surface area contributed by atoms with Gasteiger partial charge < -0.3 is 10.2 Å². The minimum Gasteiger partial charge on any atom is -0.384 e. The SMILES string of the molecule is Cc1ccccc1NCCN1CCC(C)C1. The van der Waals surface area contributed by atoms with Gasteiger partial charge in [-0.1, -0.05) is 25.1 Å². The Morgan fingerprint density at radius 2 is 2.19 bits per heavy atom. The lowest BCUT2D eigenvalue weighted by Gasteiger charge is -2.16. The third kappa shape index (κ3) is 2.99. The van der Waals surface area contributed by atoms with Crippen molar-refractivity contribution < 1.29 is 0 Å². The Morgan fingerprint density at radius 1 is 1.38 bits per heavy atom. The maximum Gasteiger partial charge on any atom is 0.0370 e. The molecule has 1 aromatic rings. The first kappa shape index (κ1) is 11.5. The Morgan fingerprint density at radius 3 is 2.88 bits per heavy atom. The molecule has 1 aliphatic heterocycles. The van der Waals surface area contributed by atoms with Crippen LogP contribution in [0.25, 0.3) is 0 Å². The summed E-state index contributed by atoms with van der Waals surface area (Å²) in [5.74, 6) is 0.887. The minimum absolute atomic E-state index is 0.887. The fraction of sp³-hybridized carbons (Fsp3) is 0.571. The molecule has 1 aliphatic rings. The molecule has 2 nitrogen and oxygen atoms in total. The second-order valence-electron chi connectivity index (χ2n) is 4.94. The first-order chi connectivity index (χ1) is 7.75.